The van der Waals surface area contributed by atoms with E-state index in [9.17, 15) is 0 Å². The van der Waals surface area contributed by atoms with E-state index in [2.05, 4.69) is 22.7 Å². The Kier molecular flexibility index (Phi) is 3.02. The molecular weight excluding hydrogens is 190 g/mol. The summed E-state index contributed by atoms with van der Waals surface area (Å²) in [6.45, 7) is 2.30. The third-order valence-corrected chi connectivity index (χ3v) is 3.45. The first-order valence-electron chi connectivity index (χ1n) is 5.53. The summed E-state index contributed by atoms with van der Waals surface area (Å²) in [4.78, 5) is 0. The molecule has 0 radical (unpaired) electrons. The fourth-order valence-electron chi connectivity index (χ4n) is 2.60. The molecule has 15 heavy (non-hydrogen) atoms. The van der Waals surface area contributed by atoms with E-state index in [-0.39, 0.29) is 6.04 Å². The quantitative estimate of drug-likeness (QED) is 0.569. The van der Waals surface area contributed by atoms with Crippen molar-refractivity contribution >= 4 is 0 Å². The summed E-state index contributed by atoms with van der Waals surface area (Å²) in [6, 6.07) is 0.190. The molecule has 2 rings (SSSR count). The summed E-state index contributed by atoms with van der Waals surface area (Å²) in [5.74, 6) is 7.06. The van der Waals surface area contributed by atoms with Crippen LogP contribution in [0.5, 0.6) is 0 Å². The molecule has 3 N–H and O–H groups in total. The molecule has 1 aliphatic rings. The maximum absolute atomic E-state index is 5.64. The maximum Gasteiger partial charge on any atom is 0.0769 e. The molecule has 5 heteroatoms. The highest BCUT2D eigenvalue weighted by Crippen LogP contribution is 2.38. The first-order chi connectivity index (χ1) is 7.22. The Balaban J connectivity index is 2.14. The van der Waals surface area contributed by atoms with Crippen molar-refractivity contribution in [2.45, 2.75) is 32.2 Å². The molecule has 3 atom stereocenters. The van der Waals surface area contributed by atoms with E-state index in [0.717, 1.165) is 11.6 Å². The van der Waals surface area contributed by atoms with Crippen LogP contribution >= 0.6 is 0 Å². The second-order valence-electron chi connectivity index (χ2n) is 4.61. The predicted molar refractivity (Wildman–Crippen MR) is 57.6 cm³/mol. The van der Waals surface area contributed by atoms with Gasteiger partial charge in [0, 0.05) is 7.05 Å². The number of aryl methyl sites for hydroxylation is 1. The molecular formula is C10H19N5. The average Bonchev–Trinajstić information content (AvgIpc) is 2.79. The van der Waals surface area contributed by atoms with Crippen LogP contribution in [0, 0.1) is 11.8 Å². The van der Waals surface area contributed by atoms with Gasteiger partial charge in [0.2, 0.25) is 0 Å². The Morgan fingerprint density at radius 3 is 2.87 bits per heavy atom. The fraction of sp³-hybridized carbons (Fsp3) is 0.800. The summed E-state index contributed by atoms with van der Waals surface area (Å²) in [6.07, 6.45) is 5.57. The van der Waals surface area contributed by atoms with Gasteiger partial charge in [-0.05, 0) is 24.7 Å². The second kappa shape index (κ2) is 4.28. The number of hydrogen-bond acceptors (Lipinski definition) is 4. The van der Waals surface area contributed by atoms with Gasteiger partial charge in [-0.1, -0.05) is 18.6 Å². The minimum Gasteiger partial charge on any atom is -0.271 e. The van der Waals surface area contributed by atoms with Crippen LogP contribution in [-0.4, -0.2) is 15.0 Å². The molecule has 1 fully saturated rings. The number of hydrogen-bond donors (Lipinski definition) is 2. The SMILES string of the molecule is CC1CCC(C(NN)c2cnnn2C)C1. The number of nitrogens with zero attached hydrogens (tertiary/aromatic N) is 3. The smallest absolute Gasteiger partial charge is 0.0769 e. The van der Waals surface area contributed by atoms with Crippen LogP contribution in [-0.2, 0) is 7.05 Å². The lowest BCUT2D eigenvalue weighted by Crippen LogP contribution is -2.34. The molecule has 0 amide bonds. The predicted octanol–water partition coefficient (Wildman–Crippen LogP) is 0.756. The van der Waals surface area contributed by atoms with E-state index >= 15 is 0 Å². The lowest BCUT2D eigenvalue weighted by molar-refractivity contribution is 0.347. The monoisotopic (exact) mass is 209 g/mol. The highest BCUT2D eigenvalue weighted by atomic mass is 15.4. The van der Waals surface area contributed by atoms with Gasteiger partial charge < -0.3 is 0 Å². The zero-order valence-corrected chi connectivity index (χ0v) is 9.35. The minimum absolute atomic E-state index is 0.190. The summed E-state index contributed by atoms with van der Waals surface area (Å²) in [5.41, 5.74) is 3.99. The maximum atomic E-state index is 5.64. The summed E-state index contributed by atoms with van der Waals surface area (Å²) < 4.78 is 1.80. The largest absolute Gasteiger partial charge is 0.271 e. The van der Waals surface area contributed by atoms with E-state index < -0.39 is 0 Å². The van der Waals surface area contributed by atoms with Gasteiger partial charge >= 0.3 is 0 Å². The van der Waals surface area contributed by atoms with Crippen LogP contribution in [0.3, 0.4) is 0 Å². The first-order valence-corrected chi connectivity index (χ1v) is 5.53. The number of nitrogens with one attached hydrogen (secondary N) is 1. The van der Waals surface area contributed by atoms with Crippen molar-refractivity contribution in [2.24, 2.45) is 24.7 Å². The van der Waals surface area contributed by atoms with Gasteiger partial charge in [-0.25, -0.2) is 0 Å². The van der Waals surface area contributed by atoms with E-state index in [1.165, 1.54) is 19.3 Å². The average molecular weight is 209 g/mol. The third-order valence-electron chi connectivity index (χ3n) is 3.45. The molecule has 0 spiro atoms. The Morgan fingerprint density at radius 1 is 1.60 bits per heavy atom. The van der Waals surface area contributed by atoms with Crippen LogP contribution in [0.15, 0.2) is 6.20 Å². The van der Waals surface area contributed by atoms with Crippen LogP contribution in [0.1, 0.15) is 37.9 Å². The molecule has 1 aliphatic carbocycles. The van der Waals surface area contributed by atoms with E-state index in [1.54, 1.807) is 10.9 Å². The Labute approximate surface area is 90.0 Å². The van der Waals surface area contributed by atoms with Gasteiger partial charge in [0.25, 0.3) is 0 Å². The number of rotatable bonds is 3. The summed E-state index contributed by atoms with van der Waals surface area (Å²) in [5, 5.41) is 7.85. The van der Waals surface area contributed by atoms with Gasteiger partial charge in [0.1, 0.15) is 0 Å². The van der Waals surface area contributed by atoms with Crippen molar-refractivity contribution in [2.75, 3.05) is 0 Å². The van der Waals surface area contributed by atoms with E-state index in [1.807, 2.05) is 7.05 Å². The molecule has 84 valence electrons. The van der Waals surface area contributed by atoms with Crippen LogP contribution in [0.25, 0.3) is 0 Å². The van der Waals surface area contributed by atoms with E-state index in [4.69, 9.17) is 5.84 Å². The lowest BCUT2D eigenvalue weighted by Gasteiger charge is -2.22. The van der Waals surface area contributed by atoms with Crippen LogP contribution in [0.2, 0.25) is 0 Å². The molecule has 3 unspecified atom stereocenters. The van der Waals surface area contributed by atoms with E-state index in [0.29, 0.717) is 5.92 Å². The van der Waals surface area contributed by atoms with Crippen molar-refractivity contribution in [3.8, 4) is 0 Å². The molecule has 0 aliphatic heterocycles. The second-order valence-corrected chi connectivity index (χ2v) is 4.61. The Morgan fingerprint density at radius 2 is 2.40 bits per heavy atom. The minimum atomic E-state index is 0.190. The molecule has 0 bridgehead atoms. The van der Waals surface area contributed by atoms with Gasteiger partial charge in [0.05, 0.1) is 17.9 Å². The fourth-order valence-corrected chi connectivity index (χ4v) is 2.60. The Bertz CT molecular complexity index is 321. The number of aromatic nitrogens is 3. The van der Waals surface area contributed by atoms with Crippen molar-refractivity contribution in [1.82, 2.24) is 20.4 Å². The van der Waals surface area contributed by atoms with Crippen LogP contribution in [0.4, 0.5) is 0 Å². The molecule has 0 aromatic carbocycles. The normalized spacial score (nSPS) is 28.2. The standard InChI is InChI=1S/C10H19N5/c1-7-3-4-8(5-7)10(13-11)9-6-12-14-15(9)2/h6-8,10,13H,3-5,11H2,1-2H3. The first kappa shape index (κ1) is 10.6. The van der Waals surface area contributed by atoms with Crippen molar-refractivity contribution in [1.29, 1.82) is 0 Å². The topological polar surface area (TPSA) is 68.8 Å². The van der Waals surface area contributed by atoms with Gasteiger partial charge in [0.15, 0.2) is 0 Å². The van der Waals surface area contributed by atoms with Gasteiger partial charge in [-0.3, -0.25) is 16.0 Å². The zero-order valence-electron chi connectivity index (χ0n) is 9.35. The van der Waals surface area contributed by atoms with Crippen molar-refractivity contribution < 1.29 is 0 Å². The Hall–Kier alpha value is -0.940. The van der Waals surface area contributed by atoms with Crippen molar-refractivity contribution in [3.05, 3.63) is 11.9 Å². The molecule has 5 nitrogen and oxygen atoms in total. The van der Waals surface area contributed by atoms with Gasteiger partial charge in [-0.2, -0.15) is 0 Å². The molecule has 0 saturated heterocycles. The van der Waals surface area contributed by atoms with Crippen molar-refractivity contribution in [3.63, 3.8) is 0 Å². The molecule has 1 aromatic heterocycles. The highest BCUT2D eigenvalue weighted by Gasteiger charge is 2.30. The third kappa shape index (κ3) is 2.03. The molecule has 1 saturated carbocycles. The summed E-state index contributed by atoms with van der Waals surface area (Å²) >= 11 is 0. The summed E-state index contributed by atoms with van der Waals surface area (Å²) in [7, 11) is 1.91. The lowest BCUT2D eigenvalue weighted by atomic mass is 9.95. The zero-order chi connectivity index (χ0) is 10.8. The van der Waals surface area contributed by atoms with Crippen LogP contribution < -0.4 is 11.3 Å². The van der Waals surface area contributed by atoms with Gasteiger partial charge in [-0.15, -0.1) is 5.10 Å². The molecule has 1 heterocycles. The number of nitrogens with two attached hydrogens (primary N) is 1. The number of hydrazine groups is 1. The highest BCUT2D eigenvalue weighted by molar-refractivity contribution is 5.04. The molecule has 1 aromatic rings.